The van der Waals surface area contributed by atoms with Crippen LogP contribution in [-0.2, 0) is 7.05 Å². The van der Waals surface area contributed by atoms with Crippen LogP contribution in [0.2, 0.25) is 0 Å². The number of nitrogens with zero attached hydrogens (tertiary/aromatic N) is 1. The Morgan fingerprint density at radius 3 is 2.19 bits per heavy atom. The van der Waals surface area contributed by atoms with E-state index in [0.29, 0.717) is 50.6 Å². The normalized spacial score (nSPS) is 14.0. The zero-order valence-corrected chi connectivity index (χ0v) is 13.8. The Hall–Kier alpha value is -3.48. The molecule has 0 atom stereocenters. The Bertz CT molecular complexity index is 1150. The predicted molar refractivity (Wildman–Crippen MR) is 92.3 cm³/mol. The Balaban J connectivity index is 1.80. The van der Waals surface area contributed by atoms with E-state index < -0.39 is 0 Å². The van der Waals surface area contributed by atoms with Gasteiger partial charge in [-0.3, -0.25) is 9.59 Å². The van der Waals surface area contributed by atoms with Crippen molar-refractivity contribution in [3.8, 4) is 34.3 Å². The molecule has 26 heavy (non-hydrogen) atoms. The summed E-state index contributed by atoms with van der Waals surface area (Å²) in [7, 11) is 1.67. The Kier molecular flexibility index (Phi) is 3.00. The maximum Gasteiger partial charge on any atom is 0.258 e. The summed E-state index contributed by atoms with van der Waals surface area (Å²) in [5, 5.41) is 1.23. The summed E-state index contributed by atoms with van der Waals surface area (Å²) in [4.78, 5) is 24.5. The van der Waals surface area contributed by atoms with Gasteiger partial charge in [0.1, 0.15) is 0 Å². The van der Waals surface area contributed by atoms with Crippen molar-refractivity contribution in [1.29, 1.82) is 0 Å². The van der Waals surface area contributed by atoms with Gasteiger partial charge in [0.05, 0.1) is 11.1 Å². The maximum atomic E-state index is 12.9. The van der Waals surface area contributed by atoms with Gasteiger partial charge in [-0.15, -0.1) is 0 Å². The van der Waals surface area contributed by atoms with E-state index in [2.05, 4.69) is 0 Å². The third-order valence-electron chi connectivity index (χ3n) is 4.68. The Morgan fingerprint density at radius 1 is 0.885 bits per heavy atom. The number of carbonyl (C=O) groups is 1. The van der Waals surface area contributed by atoms with Crippen molar-refractivity contribution in [2.45, 2.75) is 0 Å². The van der Waals surface area contributed by atoms with Crippen LogP contribution in [0.3, 0.4) is 0 Å². The highest BCUT2D eigenvalue weighted by Gasteiger charge is 2.21. The first-order valence-electron chi connectivity index (χ1n) is 7.98. The van der Waals surface area contributed by atoms with E-state index in [1.165, 1.54) is 4.57 Å². The maximum absolute atomic E-state index is 12.9. The van der Waals surface area contributed by atoms with Gasteiger partial charge in [-0.2, -0.15) is 0 Å². The van der Waals surface area contributed by atoms with Crippen LogP contribution >= 0.6 is 0 Å². The van der Waals surface area contributed by atoms with E-state index in [9.17, 15) is 9.59 Å². The van der Waals surface area contributed by atoms with Crippen molar-refractivity contribution >= 4 is 17.1 Å². The Labute approximate surface area is 147 Å². The van der Waals surface area contributed by atoms with E-state index in [4.69, 9.17) is 18.9 Å². The SMILES string of the molecule is Cn1c(-c2cc3c(cc2C=O)OCO3)cc2cc3c(cc2c1=O)OCO3. The van der Waals surface area contributed by atoms with E-state index in [0.717, 1.165) is 6.29 Å². The molecule has 0 amide bonds. The van der Waals surface area contributed by atoms with Crippen LogP contribution in [0.5, 0.6) is 23.0 Å². The number of hydrogen-bond acceptors (Lipinski definition) is 6. The fourth-order valence-electron chi connectivity index (χ4n) is 3.33. The van der Waals surface area contributed by atoms with Crippen molar-refractivity contribution in [3.63, 3.8) is 0 Å². The number of rotatable bonds is 2. The van der Waals surface area contributed by atoms with Crippen LogP contribution in [0.25, 0.3) is 22.0 Å². The van der Waals surface area contributed by atoms with Crippen molar-refractivity contribution in [1.82, 2.24) is 4.57 Å². The minimum Gasteiger partial charge on any atom is -0.454 e. The third kappa shape index (κ3) is 2.00. The van der Waals surface area contributed by atoms with Crippen LogP contribution in [0.4, 0.5) is 0 Å². The number of hydrogen-bond donors (Lipinski definition) is 0. The first-order chi connectivity index (χ1) is 12.7. The highest BCUT2D eigenvalue weighted by Crippen LogP contribution is 2.40. The van der Waals surface area contributed by atoms with Crippen LogP contribution in [0.15, 0.2) is 35.1 Å². The Morgan fingerprint density at radius 2 is 1.50 bits per heavy atom. The monoisotopic (exact) mass is 351 g/mol. The minimum atomic E-state index is -0.190. The average molecular weight is 351 g/mol. The quantitative estimate of drug-likeness (QED) is 0.660. The van der Waals surface area contributed by atoms with Crippen molar-refractivity contribution in [3.05, 3.63) is 46.2 Å². The van der Waals surface area contributed by atoms with Crippen LogP contribution in [0, 0.1) is 0 Å². The molecule has 3 heterocycles. The standard InChI is InChI=1S/C19H13NO6/c1-20-14(12-5-17-16(24-9-25-17)4-11(12)7-21)2-10-3-15-18(26-8-23-15)6-13(10)19(20)22/h2-7H,8-9H2,1H3. The van der Waals surface area contributed by atoms with Gasteiger partial charge < -0.3 is 23.5 Å². The first-order valence-corrected chi connectivity index (χ1v) is 7.98. The van der Waals surface area contributed by atoms with Gasteiger partial charge in [-0.25, -0.2) is 0 Å². The second kappa shape index (κ2) is 5.26. The molecule has 5 rings (SSSR count). The molecule has 7 nitrogen and oxygen atoms in total. The first kappa shape index (κ1) is 14.8. The molecular weight excluding hydrogens is 338 g/mol. The number of pyridine rings is 1. The number of carbonyl (C=O) groups excluding carboxylic acids is 1. The lowest BCUT2D eigenvalue weighted by atomic mass is 10.0. The molecule has 0 spiro atoms. The highest BCUT2D eigenvalue weighted by molar-refractivity contribution is 5.93. The highest BCUT2D eigenvalue weighted by atomic mass is 16.7. The molecule has 1 aromatic heterocycles. The smallest absolute Gasteiger partial charge is 0.258 e. The summed E-state index contributed by atoms with van der Waals surface area (Å²) in [5.74, 6) is 2.21. The van der Waals surface area contributed by atoms with Gasteiger partial charge in [0.2, 0.25) is 13.6 Å². The molecule has 0 saturated heterocycles. The fraction of sp³-hybridized carbons (Fsp3) is 0.158. The predicted octanol–water partition coefficient (Wildman–Crippen LogP) is 2.48. The summed E-state index contributed by atoms with van der Waals surface area (Å²) in [6, 6.07) is 8.65. The molecule has 130 valence electrons. The van der Waals surface area contributed by atoms with Crippen LogP contribution < -0.4 is 24.5 Å². The fourth-order valence-corrected chi connectivity index (χ4v) is 3.33. The zero-order chi connectivity index (χ0) is 17.8. The van der Waals surface area contributed by atoms with Crippen molar-refractivity contribution in [2.75, 3.05) is 13.6 Å². The van der Waals surface area contributed by atoms with Gasteiger partial charge in [0.25, 0.3) is 5.56 Å². The van der Waals surface area contributed by atoms with Crippen LogP contribution in [-0.4, -0.2) is 24.4 Å². The summed E-state index contributed by atoms with van der Waals surface area (Å²) >= 11 is 0. The lowest BCUT2D eigenvalue weighted by molar-refractivity contribution is 0.112. The average Bonchev–Trinajstić information content (AvgIpc) is 3.30. The minimum absolute atomic E-state index is 0.108. The molecule has 0 fully saturated rings. The van der Waals surface area contributed by atoms with Gasteiger partial charge >= 0.3 is 0 Å². The third-order valence-corrected chi connectivity index (χ3v) is 4.68. The second-order valence-electron chi connectivity index (χ2n) is 6.10. The largest absolute Gasteiger partial charge is 0.454 e. The molecular formula is C19H13NO6. The topological polar surface area (TPSA) is 76.0 Å². The van der Waals surface area contributed by atoms with Gasteiger partial charge in [0.15, 0.2) is 29.3 Å². The molecule has 2 aliphatic rings. The van der Waals surface area contributed by atoms with E-state index in [-0.39, 0.29) is 19.1 Å². The number of aldehydes is 1. The summed E-state index contributed by atoms with van der Waals surface area (Å²) in [5.41, 5.74) is 1.43. The number of fused-ring (bicyclic) bond motifs is 3. The van der Waals surface area contributed by atoms with Crippen molar-refractivity contribution < 1.29 is 23.7 Å². The van der Waals surface area contributed by atoms with E-state index in [1.54, 1.807) is 31.3 Å². The molecule has 0 radical (unpaired) electrons. The molecule has 2 aromatic carbocycles. The molecule has 0 bridgehead atoms. The number of aromatic nitrogens is 1. The van der Waals surface area contributed by atoms with Gasteiger partial charge in [-0.05, 0) is 35.7 Å². The van der Waals surface area contributed by atoms with Crippen LogP contribution in [0.1, 0.15) is 10.4 Å². The zero-order valence-electron chi connectivity index (χ0n) is 13.8. The number of benzene rings is 2. The van der Waals surface area contributed by atoms with Gasteiger partial charge in [0, 0.05) is 18.2 Å². The summed E-state index contributed by atoms with van der Waals surface area (Å²) in [6.45, 7) is 0.244. The molecule has 2 aliphatic heterocycles. The molecule has 3 aromatic rings. The van der Waals surface area contributed by atoms with E-state index in [1.807, 2.05) is 6.07 Å². The lowest BCUT2D eigenvalue weighted by Crippen LogP contribution is -2.18. The molecule has 0 aliphatic carbocycles. The lowest BCUT2D eigenvalue weighted by Gasteiger charge is -2.13. The van der Waals surface area contributed by atoms with E-state index >= 15 is 0 Å². The van der Waals surface area contributed by atoms with Crippen molar-refractivity contribution in [2.24, 2.45) is 7.05 Å². The molecule has 0 N–H and O–H groups in total. The van der Waals surface area contributed by atoms with Gasteiger partial charge in [-0.1, -0.05) is 0 Å². The molecule has 0 saturated carbocycles. The molecule has 7 heteroatoms. The summed E-state index contributed by atoms with van der Waals surface area (Å²) < 4.78 is 23.0. The summed E-state index contributed by atoms with van der Waals surface area (Å²) in [6.07, 6.45) is 0.742. The second-order valence-corrected chi connectivity index (χ2v) is 6.10. The number of ether oxygens (including phenoxy) is 4. The molecule has 0 unspecified atom stereocenters.